The van der Waals surface area contributed by atoms with Crippen molar-refractivity contribution in [2.24, 2.45) is 5.92 Å². The summed E-state index contributed by atoms with van der Waals surface area (Å²) >= 11 is 0. The number of hydrogen-bond donors (Lipinski definition) is 0. The first kappa shape index (κ1) is 14.4. The molecule has 0 bridgehead atoms. The molecule has 0 unspecified atom stereocenters. The van der Waals surface area contributed by atoms with E-state index in [0.29, 0.717) is 23.1 Å². The molecule has 0 saturated carbocycles. The van der Waals surface area contributed by atoms with Crippen molar-refractivity contribution in [2.45, 2.75) is 6.10 Å². The number of esters is 1. The van der Waals surface area contributed by atoms with Gasteiger partial charge in [0.15, 0.2) is 6.29 Å². The summed E-state index contributed by atoms with van der Waals surface area (Å²) in [4.78, 5) is 23.8. The van der Waals surface area contributed by atoms with Gasteiger partial charge in [0.05, 0.1) is 16.8 Å². The molecule has 1 aromatic carbocycles. The van der Waals surface area contributed by atoms with Crippen molar-refractivity contribution in [1.29, 1.82) is 0 Å². The molecule has 118 valence electrons. The van der Waals surface area contributed by atoms with Gasteiger partial charge < -0.3 is 4.74 Å². The Labute approximate surface area is 138 Å². The van der Waals surface area contributed by atoms with Crippen LogP contribution in [0, 0.1) is 5.92 Å². The molecule has 2 heterocycles. The average molecular weight is 318 g/mol. The van der Waals surface area contributed by atoms with Gasteiger partial charge in [0, 0.05) is 12.1 Å². The Balaban J connectivity index is 1.79. The van der Waals surface area contributed by atoms with Crippen LogP contribution in [0.15, 0.2) is 66.9 Å². The highest BCUT2D eigenvalue weighted by Gasteiger charge is 2.32. The van der Waals surface area contributed by atoms with Gasteiger partial charge in [0.25, 0.3) is 0 Å². The lowest BCUT2D eigenvalue weighted by atomic mass is 9.91. The minimum atomic E-state index is -0.461. The second-order valence-electron chi connectivity index (χ2n) is 5.63. The lowest BCUT2D eigenvalue weighted by molar-refractivity contribution is -0.141. The highest BCUT2D eigenvalue weighted by Crippen LogP contribution is 2.31. The Morgan fingerprint density at radius 1 is 1.12 bits per heavy atom. The van der Waals surface area contributed by atoms with Crippen LogP contribution < -0.4 is 0 Å². The molecule has 1 aliphatic carbocycles. The second-order valence-corrected chi connectivity index (χ2v) is 5.63. The van der Waals surface area contributed by atoms with E-state index < -0.39 is 5.97 Å². The summed E-state index contributed by atoms with van der Waals surface area (Å²) in [5.74, 6) is -0.498. The molecule has 0 radical (unpaired) electrons. The van der Waals surface area contributed by atoms with E-state index in [1.165, 1.54) is 0 Å². The Morgan fingerprint density at radius 2 is 1.92 bits per heavy atom. The minimum absolute atomic E-state index is 0.0379. The molecule has 2 aromatic rings. The van der Waals surface area contributed by atoms with Crippen LogP contribution in [0.3, 0.4) is 0 Å². The van der Waals surface area contributed by atoms with Gasteiger partial charge in [0.2, 0.25) is 0 Å². The maximum absolute atomic E-state index is 12.3. The van der Waals surface area contributed by atoms with Crippen LogP contribution in [0.4, 0.5) is 0 Å². The third kappa shape index (κ3) is 2.40. The number of allylic oxidation sites excluding steroid dienone is 2. The molecule has 2 aliphatic rings. The van der Waals surface area contributed by atoms with Crippen molar-refractivity contribution in [2.75, 3.05) is 0 Å². The summed E-state index contributed by atoms with van der Waals surface area (Å²) in [6.07, 6.45) is 11.4. The van der Waals surface area contributed by atoms with Gasteiger partial charge >= 0.3 is 5.97 Å². The zero-order valence-electron chi connectivity index (χ0n) is 12.7. The van der Waals surface area contributed by atoms with Gasteiger partial charge in [-0.2, -0.15) is 5.10 Å². The Bertz CT molecular complexity index is 891. The molecule has 0 amide bonds. The second kappa shape index (κ2) is 5.77. The smallest absolute Gasteiger partial charge is 0.340 e. The van der Waals surface area contributed by atoms with E-state index in [-0.39, 0.29) is 12.0 Å². The fourth-order valence-electron chi connectivity index (χ4n) is 2.89. The molecule has 0 N–H and O–H groups in total. The van der Waals surface area contributed by atoms with E-state index >= 15 is 0 Å². The van der Waals surface area contributed by atoms with Crippen molar-refractivity contribution in [3.63, 3.8) is 0 Å². The fraction of sp³-hybridized carbons (Fsp3) is 0.105. The van der Waals surface area contributed by atoms with E-state index in [9.17, 15) is 9.59 Å². The molecule has 0 fully saturated rings. The van der Waals surface area contributed by atoms with Gasteiger partial charge in [0.1, 0.15) is 11.8 Å². The summed E-state index contributed by atoms with van der Waals surface area (Å²) in [6, 6.07) is 9.43. The Hall–Kier alpha value is -3.21. The topological polar surface area (TPSA) is 61.2 Å². The first-order valence-corrected chi connectivity index (χ1v) is 7.65. The fourth-order valence-corrected chi connectivity index (χ4v) is 2.89. The van der Waals surface area contributed by atoms with E-state index in [2.05, 4.69) is 5.10 Å². The van der Waals surface area contributed by atoms with Gasteiger partial charge in [-0.05, 0) is 18.2 Å². The predicted molar refractivity (Wildman–Crippen MR) is 88.6 cm³/mol. The summed E-state index contributed by atoms with van der Waals surface area (Å²) in [5.41, 5.74) is 1.85. The number of hydrogen-bond acceptors (Lipinski definition) is 4. The molecule has 24 heavy (non-hydrogen) atoms. The van der Waals surface area contributed by atoms with E-state index in [4.69, 9.17) is 4.74 Å². The summed E-state index contributed by atoms with van der Waals surface area (Å²) in [7, 11) is 0. The molecule has 2 atom stereocenters. The SMILES string of the molecule is O=Cc1cn(-c2ccccc2)nc1C1=C[C@@H]2C=CC=C[C@@H]2OC1=O. The first-order valence-electron chi connectivity index (χ1n) is 7.65. The van der Waals surface area contributed by atoms with Gasteiger partial charge in [-0.1, -0.05) is 42.5 Å². The summed E-state index contributed by atoms with van der Waals surface area (Å²) in [5, 5.41) is 4.44. The van der Waals surface area contributed by atoms with Crippen LogP contribution in [-0.4, -0.2) is 28.1 Å². The average Bonchev–Trinajstić information content (AvgIpc) is 3.06. The zero-order valence-corrected chi connectivity index (χ0v) is 12.7. The van der Waals surface area contributed by atoms with Crippen LogP contribution in [0.2, 0.25) is 0 Å². The molecule has 0 spiro atoms. The molecule has 4 rings (SSSR count). The Morgan fingerprint density at radius 3 is 2.71 bits per heavy atom. The number of nitrogens with zero attached hydrogens (tertiary/aromatic N) is 2. The predicted octanol–water partition coefficient (Wildman–Crippen LogP) is 2.74. The number of fused-ring (bicyclic) bond motifs is 1. The van der Waals surface area contributed by atoms with Crippen LogP contribution in [0.1, 0.15) is 16.1 Å². The zero-order chi connectivity index (χ0) is 16.5. The number of rotatable bonds is 3. The van der Waals surface area contributed by atoms with E-state index in [1.807, 2.05) is 60.7 Å². The standard InChI is InChI=1S/C19H14N2O3/c22-12-14-11-21(15-7-2-1-3-8-15)20-18(14)16-10-13-6-4-5-9-17(13)24-19(16)23/h1-13,17H/t13-,17-/m0/s1. The van der Waals surface area contributed by atoms with Gasteiger partial charge in [-0.3, -0.25) is 4.79 Å². The number of carbonyl (C=O) groups excluding carboxylic acids is 2. The molecular weight excluding hydrogens is 304 g/mol. The van der Waals surface area contributed by atoms with Crippen LogP contribution in [0.5, 0.6) is 0 Å². The lowest BCUT2D eigenvalue weighted by Gasteiger charge is -2.27. The molecule has 5 nitrogen and oxygen atoms in total. The van der Waals surface area contributed by atoms with Crippen molar-refractivity contribution in [3.05, 3.63) is 78.2 Å². The maximum atomic E-state index is 12.3. The van der Waals surface area contributed by atoms with Gasteiger partial charge in [-0.15, -0.1) is 0 Å². The number of para-hydroxylation sites is 1. The quantitative estimate of drug-likeness (QED) is 0.645. The molecule has 1 aliphatic heterocycles. The summed E-state index contributed by atoms with van der Waals surface area (Å²) in [6.45, 7) is 0. The third-order valence-corrected chi connectivity index (χ3v) is 4.09. The van der Waals surface area contributed by atoms with Crippen LogP contribution >= 0.6 is 0 Å². The number of aldehydes is 1. The minimum Gasteiger partial charge on any atom is -0.454 e. The van der Waals surface area contributed by atoms with Crippen molar-refractivity contribution in [1.82, 2.24) is 9.78 Å². The number of ether oxygens (including phenoxy) is 1. The maximum Gasteiger partial charge on any atom is 0.340 e. The molecular formula is C19H14N2O3. The largest absolute Gasteiger partial charge is 0.454 e. The van der Waals surface area contributed by atoms with E-state index in [0.717, 1.165) is 5.69 Å². The third-order valence-electron chi connectivity index (χ3n) is 4.09. The normalized spacial score (nSPS) is 21.8. The first-order chi connectivity index (χ1) is 11.8. The van der Waals surface area contributed by atoms with Crippen molar-refractivity contribution < 1.29 is 14.3 Å². The number of benzene rings is 1. The van der Waals surface area contributed by atoms with Gasteiger partial charge in [-0.25, -0.2) is 9.48 Å². The summed E-state index contributed by atoms with van der Waals surface area (Å²) < 4.78 is 7.05. The highest BCUT2D eigenvalue weighted by molar-refractivity contribution is 6.18. The van der Waals surface area contributed by atoms with Crippen LogP contribution in [-0.2, 0) is 9.53 Å². The molecule has 1 aromatic heterocycles. The highest BCUT2D eigenvalue weighted by atomic mass is 16.5. The Kier molecular flexibility index (Phi) is 3.46. The number of aromatic nitrogens is 2. The van der Waals surface area contributed by atoms with E-state index in [1.54, 1.807) is 10.9 Å². The van der Waals surface area contributed by atoms with Crippen molar-refractivity contribution in [3.8, 4) is 5.69 Å². The lowest BCUT2D eigenvalue weighted by Crippen LogP contribution is -2.30. The number of carbonyl (C=O) groups is 2. The van der Waals surface area contributed by atoms with Crippen LogP contribution in [0.25, 0.3) is 11.3 Å². The monoisotopic (exact) mass is 318 g/mol. The molecule has 0 saturated heterocycles. The molecule has 5 heteroatoms. The van der Waals surface area contributed by atoms with Crippen molar-refractivity contribution >= 4 is 17.8 Å².